The summed E-state index contributed by atoms with van der Waals surface area (Å²) in [6.45, 7) is 3.61. The highest BCUT2D eigenvalue weighted by molar-refractivity contribution is 7.85. The molecule has 0 bridgehead atoms. The molecule has 0 fully saturated rings. The van der Waals surface area contributed by atoms with Gasteiger partial charge in [-0.3, -0.25) is 9.00 Å². The van der Waals surface area contributed by atoms with Gasteiger partial charge in [0.25, 0.3) is 0 Å². The molecule has 0 aliphatic heterocycles. The highest BCUT2D eigenvalue weighted by Gasteiger charge is 2.13. The van der Waals surface area contributed by atoms with Crippen LogP contribution in [0.15, 0.2) is 29.2 Å². The number of hydrogen-bond donors (Lipinski definition) is 0. The van der Waals surface area contributed by atoms with Crippen molar-refractivity contribution < 1.29 is 9.00 Å². The summed E-state index contributed by atoms with van der Waals surface area (Å²) >= 11 is 5.77. The second kappa shape index (κ2) is 5.42. The number of rotatable bonds is 4. The van der Waals surface area contributed by atoms with Crippen LogP contribution in [0.1, 0.15) is 13.8 Å². The van der Waals surface area contributed by atoms with Crippen LogP contribution in [-0.4, -0.2) is 15.7 Å². The number of Topliss-reactive ketones (excluding diaryl/α,β-unsaturated/α-hetero) is 1. The van der Waals surface area contributed by atoms with E-state index in [0.717, 1.165) is 0 Å². The van der Waals surface area contributed by atoms with Gasteiger partial charge in [-0.05, 0) is 18.2 Å². The highest BCUT2D eigenvalue weighted by Crippen LogP contribution is 2.14. The molecule has 0 aromatic heterocycles. The monoisotopic (exact) mass is 244 g/mol. The maximum atomic E-state index is 11.7. The van der Waals surface area contributed by atoms with Crippen LogP contribution in [0.5, 0.6) is 0 Å². The lowest BCUT2D eigenvalue weighted by atomic mass is 10.1. The van der Waals surface area contributed by atoms with E-state index in [9.17, 15) is 9.00 Å². The van der Waals surface area contributed by atoms with Crippen LogP contribution in [0.3, 0.4) is 0 Å². The third-order valence-electron chi connectivity index (χ3n) is 1.98. The largest absolute Gasteiger partial charge is 0.298 e. The molecule has 0 radical (unpaired) electrons. The van der Waals surface area contributed by atoms with Crippen LogP contribution >= 0.6 is 11.6 Å². The molecule has 82 valence electrons. The molecule has 0 heterocycles. The Kier molecular flexibility index (Phi) is 4.48. The lowest BCUT2D eigenvalue weighted by molar-refractivity contribution is -0.119. The molecule has 1 atom stereocenters. The van der Waals surface area contributed by atoms with E-state index in [-0.39, 0.29) is 17.5 Å². The van der Waals surface area contributed by atoms with Crippen LogP contribution < -0.4 is 0 Å². The van der Waals surface area contributed by atoms with E-state index in [0.29, 0.717) is 9.92 Å². The van der Waals surface area contributed by atoms with Crippen molar-refractivity contribution in [3.05, 3.63) is 29.3 Å². The molecule has 0 aliphatic carbocycles. The van der Waals surface area contributed by atoms with Gasteiger partial charge in [-0.2, -0.15) is 0 Å². The van der Waals surface area contributed by atoms with Crippen molar-refractivity contribution in [2.24, 2.45) is 5.92 Å². The minimum absolute atomic E-state index is 0.00769. The second-order valence-electron chi connectivity index (χ2n) is 3.57. The Bertz CT molecular complexity index is 388. The highest BCUT2D eigenvalue weighted by atomic mass is 35.5. The topological polar surface area (TPSA) is 34.1 Å². The SMILES string of the molecule is CC(C)C(=O)CS(=O)c1cccc(Cl)c1. The van der Waals surface area contributed by atoms with Gasteiger partial charge in [0.15, 0.2) is 0 Å². The lowest BCUT2D eigenvalue weighted by Gasteiger charge is -2.04. The molecule has 2 nitrogen and oxygen atoms in total. The fourth-order valence-corrected chi connectivity index (χ4v) is 2.49. The lowest BCUT2D eigenvalue weighted by Crippen LogP contribution is -2.16. The Hall–Kier alpha value is -0.670. The molecular formula is C11H13ClO2S. The molecule has 1 rings (SSSR count). The average molecular weight is 245 g/mol. The third kappa shape index (κ3) is 3.76. The zero-order valence-corrected chi connectivity index (χ0v) is 10.3. The van der Waals surface area contributed by atoms with Crippen LogP contribution in [0.2, 0.25) is 5.02 Å². The maximum absolute atomic E-state index is 11.7. The van der Waals surface area contributed by atoms with Gasteiger partial charge >= 0.3 is 0 Å². The Morgan fingerprint density at radius 2 is 2.13 bits per heavy atom. The van der Waals surface area contributed by atoms with Gasteiger partial charge in [-0.1, -0.05) is 31.5 Å². The molecule has 4 heteroatoms. The summed E-state index contributed by atoms with van der Waals surface area (Å²) in [6.07, 6.45) is 0. The van der Waals surface area contributed by atoms with Crippen LogP contribution in [0.25, 0.3) is 0 Å². The number of ketones is 1. The van der Waals surface area contributed by atoms with Crippen LogP contribution in [-0.2, 0) is 15.6 Å². The first-order valence-electron chi connectivity index (χ1n) is 4.67. The minimum atomic E-state index is -1.28. The summed E-state index contributed by atoms with van der Waals surface area (Å²) in [4.78, 5) is 12.0. The van der Waals surface area contributed by atoms with Crippen molar-refractivity contribution in [2.45, 2.75) is 18.7 Å². The summed E-state index contributed by atoms with van der Waals surface area (Å²) in [5.41, 5.74) is 0. The summed E-state index contributed by atoms with van der Waals surface area (Å²) in [7, 11) is -1.28. The Morgan fingerprint density at radius 3 is 2.67 bits per heavy atom. The molecule has 1 aromatic rings. The summed E-state index contributed by atoms with van der Waals surface area (Å²) in [5, 5.41) is 0.540. The molecule has 0 saturated heterocycles. The van der Waals surface area contributed by atoms with Gasteiger partial charge < -0.3 is 0 Å². The second-order valence-corrected chi connectivity index (χ2v) is 5.46. The predicted octanol–water partition coefficient (Wildman–Crippen LogP) is 2.67. The van der Waals surface area contributed by atoms with Crippen molar-refractivity contribution in [3.8, 4) is 0 Å². The van der Waals surface area contributed by atoms with Crippen molar-refractivity contribution >= 4 is 28.2 Å². The van der Waals surface area contributed by atoms with Crippen molar-refractivity contribution in [1.82, 2.24) is 0 Å². The van der Waals surface area contributed by atoms with E-state index < -0.39 is 10.8 Å². The first kappa shape index (κ1) is 12.4. The minimum Gasteiger partial charge on any atom is -0.298 e. The van der Waals surface area contributed by atoms with E-state index in [4.69, 9.17) is 11.6 Å². The van der Waals surface area contributed by atoms with Gasteiger partial charge in [0.05, 0.1) is 16.6 Å². The Labute approximate surface area is 97.1 Å². The van der Waals surface area contributed by atoms with Gasteiger partial charge in [0, 0.05) is 15.8 Å². The van der Waals surface area contributed by atoms with Crippen molar-refractivity contribution in [3.63, 3.8) is 0 Å². The number of benzene rings is 1. The predicted molar refractivity (Wildman–Crippen MR) is 62.6 cm³/mol. The first-order valence-corrected chi connectivity index (χ1v) is 6.37. The zero-order valence-electron chi connectivity index (χ0n) is 8.70. The Morgan fingerprint density at radius 1 is 1.47 bits per heavy atom. The summed E-state index contributed by atoms with van der Waals surface area (Å²) < 4.78 is 11.7. The van der Waals surface area contributed by atoms with Crippen LogP contribution in [0, 0.1) is 5.92 Å². The third-order valence-corrected chi connectivity index (χ3v) is 3.54. The molecule has 0 saturated carbocycles. The quantitative estimate of drug-likeness (QED) is 0.816. The molecular weight excluding hydrogens is 232 g/mol. The fraction of sp³-hybridized carbons (Fsp3) is 0.364. The molecule has 1 aromatic carbocycles. The van der Waals surface area contributed by atoms with E-state index in [2.05, 4.69) is 0 Å². The van der Waals surface area contributed by atoms with Gasteiger partial charge in [0.2, 0.25) is 0 Å². The fourth-order valence-electron chi connectivity index (χ4n) is 0.988. The zero-order chi connectivity index (χ0) is 11.4. The van der Waals surface area contributed by atoms with E-state index in [1.165, 1.54) is 0 Å². The first-order chi connectivity index (χ1) is 7.00. The standard InChI is InChI=1S/C11H13ClO2S/c1-8(2)11(13)7-15(14)10-5-3-4-9(12)6-10/h3-6,8H,7H2,1-2H3. The normalized spacial score (nSPS) is 12.8. The van der Waals surface area contributed by atoms with E-state index in [1.807, 2.05) is 0 Å². The number of halogens is 1. The number of hydrogen-bond acceptors (Lipinski definition) is 2. The molecule has 0 aliphatic rings. The molecule has 0 amide bonds. The van der Waals surface area contributed by atoms with Crippen LogP contribution in [0.4, 0.5) is 0 Å². The smallest absolute Gasteiger partial charge is 0.148 e. The summed E-state index contributed by atoms with van der Waals surface area (Å²) in [5.74, 6) is -0.000639. The Balaban J connectivity index is 2.74. The molecule has 0 N–H and O–H groups in total. The van der Waals surface area contributed by atoms with Crippen molar-refractivity contribution in [2.75, 3.05) is 5.75 Å². The van der Waals surface area contributed by atoms with Crippen molar-refractivity contribution in [1.29, 1.82) is 0 Å². The van der Waals surface area contributed by atoms with E-state index in [1.54, 1.807) is 38.1 Å². The van der Waals surface area contributed by atoms with E-state index >= 15 is 0 Å². The molecule has 1 unspecified atom stereocenters. The maximum Gasteiger partial charge on any atom is 0.148 e. The summed E-state index contributed by atoms with van der Waals surface area (Å²) in [6, 6.07) is 6.79. The number of carbonyl (C=O) groups is 1. The van der Waals surface area contributed by atoms with Gasteiger partial charge in [0.1, 0.15) is 5.78 Å². The average Bonchev–Trinajstić information content (AvgIpc) is 2.17. The number of carbonyl (C=O) groups excluding carboxylic acids is 1. The molecule has 15 heavy (non-hydrogen) atoms. The molecule has 0 spiro atoms. The van der Waals surface area contributed by atoms with Gasteiger partial charge in [-0.15, -0.1) is 0 Å². The van der Waals surface area contributed by atoms with Gasteiger partial charge in [-0.25, -0.2) is 0 Å².